The van der Waals surface area contributed by atoms with Gasteiger partial charge < -0.3 is 14.4 Å². The van der Waals surface area contributed by atoms with Gasteiger partial charge in [-0.05, 0) is 37.6 Å². The number of phenolic OH excluding ortho intramolecular Hbond substituents is 1. The molecule has 3 rings (SSSR count). The van der Waals surface area contributed by atoms with Crippen LogP contribution in [0.5, 0.6) is 5.75 Å². The van der Waals surface area contributed by atoms with Crippen LogP contribution in [0.25, 0.3) is 27.4 Å². The normalized spacial score (nSPS) is 10.9. The standard InChI is InChI=1S/C20H18N4O4/c1-20(2,3)27-19(26)23-18-22-17(28-24-18)16-14(25)11-10-13(21-4)15(16)12-8-6-5-7-9-12/h5-11,25H,1-3H3,(H,23,24,26). The van der Waals surface area contributed by atoms with Crippen molar-refractivity contribution >= 4 is 17.7 Å². The van der Waals surface area contributed by atoms with E-state index in [1.54, 1.807) is 20.8 Å². The monoisotopic (exact) mass is 378 g/mol. The molecular weight excluding hydrogens is 360 g/mol. The maximum atomic E-state index is 11.9. The maximum absolute atomic E-state index is 11.9. The van der Waals surface area contributed by atoms with Gasteiger partial charge in [-0.3, -0.25) is 5.32 Å². The van der Waals surface area contributed by atoms with E-state index < -0.39 is 11.7 Å². The zero-order valence-electron chi connectivity index (χ0n) is 15.6. The van der Waals surface area contributed by atoms with E-state index in [2.05, 4.69) is 20.3 Å². The van der Waals surface area contributed by atoms with Crippen LogP contribution in [0.3, 0.4) is 0 Å². The lowest BCUT2D eigenvalue weighted by atomic mass is 9.97. The van der Waals surface area contributed by atoms with E-state index in [9.17, 15) is 9.90 Å². The van der Waals surface area contributed by atoms with Crippen LogP contribution in [-0.4, -0.2) is 26.9 Å². The fourth-order valence-corrected chi connectivity index (χ4v) is 2.56. The quantitative estimate of drug-likeness (QED) is 0.621. The number of hydrogen-bond donors (Lipinski definition) is 2. The third-order valence-electron chi connectivity index (χ3n) is 3.60. The van der Waals surface area contributed by atoms with Crippen LogP contribution in [0.15, 0.2) is 47.0 Å². The molecule has 28 heavy (non-hydrogen) atoms. The Labute approximate surface area is 161 Å². The van der Waals surface area contributed by atoms with Gasteiger partial charge in [0.2, 0.25) is 0 Å². The molecule has 0 atom stereocenters. The van der Waals surface area contributed by atoms with E-state index in [4.69, 9.17) is 15.8 Å². The topological polar surface area (TPSA) is 102 Å². The second kappa shape index (κ2) is 7.40. The van der Waals surface area contributed by atoms with Gasteiger partial charge in [-0.25, -0.2) is 9.64 Å². The number of nitrogens with one attached hydrogen (secondary N) is 1. The highest BCUT2D eigenvalue weighted by Gasteiger charge is 2.23. The van der Waals surface area contributed by atoms with Gasteiger partial charge in [-0.1, -0.05) is 36.4 Å². The minimum atomic E-state index is -0.734. The van der Waals surface area contributed by atoms with E-state index in [0.29, 0.717) is 16.8 Å². The van der Waals surface area contributed by atoms with Crippen LogP contribution in [0.2, 0.25) is 0 Å². The summed E-state index contributed by atoms with van der Waals surface area (Å²) in [5.41, 5.74) is 1.02. The number of rotatable bonds is 3. The van der Waals surface area contributed by atoms with Crippen molar-refractivity contribution < 1.29 is 19.2 Å². The van der Waals surface area contributed by atoms with Crippen molar-refractivity contribution in [2.45, 2.75) is 26.4 Å². The van der Waals surface area contributed by atoms with Gasteiger partial charge in [0.15, 0.2) is 5.69 Å². The summed E-state index contributed by atoms with van der Waals surface area (Å²) in [7, 11) is 0. The van der Waals surface area contributed by atoms with Crippen molar-refractivity contribution in [3.8, 4) is 28.3 Å². The Morgan fingerprint density at radius 1 is 1.18 bits per heavy atom. The van der Waals surface area contributed by atoms with E-state index in [1.807, 2.05) is 30.3 Å². The second-order valence-electron chi connectivity index (χ2n) is 6.88. The third-order valence-corrected chi connectivity index (χ3v) is 3.60. The summed E-state index contributed by atoms with van der Waals surface area (Å²) in [6.45, 7) is 12.6. The Bertz CT molecular complexity index is 1050. The molecule has 0 bridgehead atoms. The largest absolute Gasteiger partial charge is 0.507 e. The van der Waals surface area contributed by atoms with Gasteiger partial charge in [0, 0.05) is 5.56 Å². The molecule has 0 aliphatic heterocycles. The summed E-state index contributed by atoms with van der Waals surface area (Å²) in [5, 5.41) is 16.5. The average molecular weight is 378 g/mol. The van der Waals surface area contributed by atoms with Gasteiger partial charge in [0.1, 0.15) is 11.4 Å². The Morgan fingerprint density at radius 2 is 1.89 bits per heavy atom. The fourth-order valence-electron chi connectivity index (χ4n) is 2.56. The van der Waals surface area contributed by atoms with Crippen molar-refractivity contribution in [1.29, 1.82) is 0 Å². The molecule has 2 aromatic carbocycles. The molecule has 3 aromatic rings. The lowest BCUT2D eigenvalue weighted by Crippen LogP contribution is -2.27. The summed E-state index contributed by atoms with van der Waals surface area (Å²) >= 11 is 0. The summed E-state index contributed by atoms with van der Waals surface area (Å²) in [6.07, 6.45) is -0.734. The zero-order chi connectivity index (χ0) is 20.3. The summed E-state index contributed by atoms with van der Waals surface area (Å²) < 4.78 is 10.4. The zero-order valence-corrected chi connectivity index (χ0v) is 15.6. The van der Waals surface area contributed by atoms with E-state index >= 15 is 0 Å². The number of amides is 1. The number of aromatic nitrogens is 2. The number of carbonyl (C=O) groups excluding carboxylic acids is 1. The average Bonchev–Trinajstić information content (AvgIpc) is 3.08. The highest BCUT2D eigenvalue weighted by atomic mass is 16.6. The first-order chi connectivity index (χ1) is 13.3. The Balaban J connectivity index is 2.02. The Hall–Kier alpha value is -3.86. The maximum Gasteiger partial charge on any atom is 0.414 e. The molecule has 0 unspecified atom stereocenters. The molecule has 0 saturated carbocycles. The molecule has 0 aliphatic carbocycles. The molecule has 0 spiro atoms. The molecule has 1 heterocycles. The van der Waals surface area contributed by atoms with Crippen LogP contribution in [0.1, 0.15) is 20.8 Å². The highest BCUT2D eigenvalue weighted by molar-refractivity contribution is 5.93. The first kappa shape index (κ1) is 18.9. The molecular formula is C20H18N4O4. The number of benzene rings is 2. The van der Waals surface area contributed by atoms with Crippen LogP contribution < -0.4 is 5.32 Å². The lowest BCUT2D eigenvalue weighted by molar-refractivity contribution is 0.0634. The van der Waals surface area contributed by atoms with Crippen LogP contribution >= 0.6 is 0 Å². The lowest BCUT2D eigenvalue weighted by Gasteiger charge is -2.18. The molecule has 8 heteroatoms. The minimum absolute atomic E-state index is 0.0343. The van der Waals surface area contributed by atoms with Crippen LogP contribution in [-0.2, 0) is 4.74 Å². The number of hydrogen-bond acceptors (Lipinski definition) is 6. The smallest absolute Gasteiger partial charge is 0.414 e. The molecule has 142 valence electrons. The molecule has 0 saturated heterocycles. The van der Waals surface area contributed by atoms with Crippen molar-refractivity contribution in [3.05, 3.63) is 53.9 Å². The number of carbonyl (C=O) groups is 1. The third kappa shape index (κ3) is 4.10. The van der Waals surface area contributed by atoms with Crippen molar-refractivity contribution in [1.82, 2.24) is 10.1 Å². The molecule has 0 aliphatic rings. The van der Waals surface area contributed by atoms with Crippen molar-refractivity contribution in [3.63, 3.8) is 0 Å². The predicted octanol–water partition coefficient (Wildman–Crippen LogP) is 5.01. The van der Waals surface area contributed by atoms with Crippen LogP contribution in [0, 0.1) is 6.57 Å². The Morgan fingerprint density at radius 3 is 2.54 bits per heavy atom. The van der Waals surface area contributed by atoms with Gasteiger partial charge in [0.25, 0.3) is 11.8 Å². The first-order valence-corrected chi connectivity index (χ1v) is 8.41. The fraction of sp³-hybridized carbons (Fsp3) is 0.200. The highest BCUT2D eigenvalue weighted by Crippen LogP contribution is 2.44. The molecule has 0 fully saturated rings. The van der Waals surface area contributed by atoms with E-state index in [0.717, 1.165) is 0 Å². The summed E-state index contributed by atoms with van der Waals surface area (Å²) in [5.74, 6) is -0.275. The number of nitrogens with zero attached hydrogens (tertiary/aromatic N) is 3. The van der Waals surface area contributed by atoms with Gasteiger partial charge in [0.05, 0.1) is 12.1 Å². The molecule has 8 nitrogen and oxygen atoms in total. The summed E-state index contributed by atoms with van der Waals surface area (Å²) in [4.78, 5) is 19.5. The van der Waals surface area contributed by atoms with Gasteiger partial charge >= 0.3 is 6.09 Å². The van der Waals surface area contributed by atoms with E-state index in [1.165, 1.54) is 12.1 Å². The van der Waals surface area contributed by atoms with E-state index in [-0.39, 0.29) is 23.2 Å². The predicted molar refractivity (Wildman–Crippen MR) is 103 cm³/mol. The van der Waals surface area contributed by atoms with Crippen molar-refractivity contribution in [2.75, 3.05) is 5.32 Å². The summed E-state index contributed by atoms with van der Waals surface area (Å²) in [6, 6.07) is 12.0. The number of ether oxygens (including phenoxy) is 1. The Kier molecular flexibility index (Phi) is 5.00. The molecule has 2 N–H and O–H groups in total. The SMILES string of the molecule is [C-]#[N+]c1ccc(O)c(-c2nc(NC(=O)OC(C)(C)C)no2)c1-c1ccccc1. The van der Waals surface area contributed by atoms with Crippen molar-refractivity contribution in [2.24, 2.45) is 0 Å². The number of anilines is 1. The first-order valence-electron chi connectivity index (χ1n) is 8.41. The van der Waals surface area contributed by atoms with Gasteiger partial charge in [-0.2, -0.15) is 4.98 Å². The number of phenols is 1. The number of aromatic hydroxyl groups is 1. The molecule has 1 amide bonds. The molecule has 1 aromatic heterocycles. The minimum Gasteiger partial charge on any atom is -0.507 e. The van der Waals surface area contributed by atoms with Crippen LogP contribution in [0.4, 0.5) is 16.4 Å². The molecule has 0 radical (unpaired) electrons. The van der Waals surface area contributed by atoms with Gasteiger partial charge in [-0.15, -0.1) is 0 Å². The second-order valence-corrected chi connectivity index (χ2v) is 6.88.